The van der Waals surface area contributed by atoms with E-state index in [1.165, 1.54) is 76.8 Å². The molecule has 0 saturated carbocycles. The maximum atomic E-state index is 11.7. The van der Waals surface area contributed by atoms with Crippen molar-refractivity contribution in [3.8, 4) is 23.5 Å². The number of rotatable bonds is 48. The van der Waals surface area contributed by atoms with Crippen molar-refractivity contribution in [1.29, 1.82) is 0 Å². The van der Waals surface area contributed by atoms with Crippen LogP contribution < -0.4 is 0 Å². The lowest BCUT2D eigenvalue weighted by Crippen LogP contribution is -2.14. The number of aryl methyl sites for hydroxylation is 4. The van der Waals surface area contributed by atoms with Crippen LogP contribution in [0.3, 0.4) is 0 Å². The fraction of sp³-hybridized carbons (Fsp3) is 0.563. The molecule has 1 N–H and O–H groups in total. The number of aliphatic hydroxyl groups excluding tert-OH is 1. The van der Waals surface area contributed by atoms with E-state index in [0.29, 0.717) is 84.2 Å². The number of Topliss-reactive ketones (excluding diaryl/α,β-unsaturated/α-hetero) is 13. The van der Waals surface area contributed by atoms with Gasteiger partial charge in [-0.2, -0.15) is 0 Å². The van der Waals surface area contributed by atoms with Crippen molar-refractivity contribution in [3.63, 3.8) is 0 Å². The lowest BCUT2D eigenvalue weighted by molar-refractivity contribution is -0.128. The van der Waals surface area contributed by atoms with Gasteiger partial charge in [-0.15, -0.1) is 12.3 Å². The molecule has 0 aromatic heterocycles. The molecule has 0 fully saturated rings. The summed E-state index contributed by atoms with van der Waals surface area (Å²) in [6.45, 7) is 57.5. The molecule has 0 radical (unpaired) electrons. The number of aliphatic hydroxyl groups is 1. The van der Waals surface area contributed by atoms with Gasteiger partial charge in [-0.05, 0) is 141 Å². The summed E-state index contributed by atoms with van der Waals surface area (Å²) >= 11 is 0. The monoisotopic (exact) mass is 1930 g/mol. The van der Waals surface area contributed by atoms with Gasteiger partial charge in [0.05, 0.1) is 12.5 Å². The topological polar surface area (TPSA) is 242 Å². The Balaban J connectivity index is -0.000000480. The van der Waals surface area contributed by atoms with Crippen molar-refractivity contribution in [2.24, 2.45) is 71.0 Å². The predicted octanol–water partition coefficient (Wildman–Crippen LogP) is 31.2. The number of ketones is 13. The Morgan fingerprint density at radius 1 is 0.250 bits per heavy atom. The molecular weight excluding hydrogens is 1740 g/mol. The van der Waals surface area contributed by atoms with Crippen molar-refractivity contribution in [3.05, 3.63) is 216 Å². The number of hydrogen-bond donors (Lipinski definition) is 1. The number of carbonyl (C=O) groups is 13. The van der Waals surface area contributed by atoms with Crippen LogP contribution in [0.4, 0.5) is 0 Å². The van der Waals surface area contributed by atoms with Crippen molar-refractivity contribution in [2.75, 3.05) is 0 Å². The van der Waals surface area contributed by atoms with Crippen LogP contribution in [0.15, 0.2) is 188 Å². The largest absolute Gasteiger partial charge is 0.393 e. The molecule has 780 valence electrons. The molecule has 7 rings (SSSR count). The molecule has 7 aromatic carbocycles. The summed E-state index contributed by atoms with van der Waals surface area (Å²) in [4.78, 5) is 143. The van der Waals surface area contributed by atoms with Crippen LogP contribution in [0.1, 0.15) is 383 Å². The number of benzene rings is 7. The van der Waals surface area contributed by atoms with Crippen molar-refractivity contribution in [2.45, 2.75) is 394 Å². The molecule has 0 spiro atoms. The molecule has 1 atom stereocenters. The summed E-state index contributed by atoms with van der Waals surface area (Å²) in [5, 5.41) is 11.3. The molecule has 0 aliphatic carbocycles. The molecule has 0 aliphatic heterocycles. The first-order chi connectivity index (χ1) is 65.9. The lowest BCUT2D eigenvalue weighted by atomic mass is 9.98. The fourth-order valence-electron chi connectivity index (χ4n) is 12.2. The smallest absolute Gasteiger partial charge is 0.142 e. The van der Waals surface area contributed by atoms with Crippen LogP contribution in [0.5, 0.6) is 0 Å². The van der Waals surface area contributed by atoms with Gasteiger partial charge in [-0.3, -0.25) is 62.3 Å². The fourth-order valence-corrected chi connectivity index (χ4v) is 12.2. The zero-order valence-corrected chi connectivity index (χ0v) is 93.0. The Kier molecular flexibility index (Phi) is 87.0. The highest BCUT2D eigenvalue weighted by atomic mass is 16.3. The third-order valence-electron chi connectivity index (χ3n) is 22.3. The standard InChI is InChI=1S/C17H18O.C16H18O.C16H24O.C14H20O.C12H16O.C8H16O.C8H12O.C7H14O2.C7H12O2.3C7H14O/c1-13(2)17(18)12-14-8-10-16(11-9-14)15-6-4-3-5-7-15;1-12(2)16(17)10-8-13-7-9-14-5-3-4-6-15(14)11-13;1-14(2)16(17)13-9-4-3-6-10-15-11-7-5-8-12-15;1-12(2)14(15)11-7-6-10-13-8-4-3-5-9-13;1-10(2)12(13)9-8-11-6-4-3-5-7-11;2*1-4-5-6-8(9)7(2)3;2*1-5(2)7(9)4-6(3)8;3*1-4-5-7(8)6(2)3/h3-11,13H,12H2,1-2H3;3-7,9,11-12H,8,10H2,1-2H3;5,7-8,11-12,14H,3-4,6,9-10,13H2,1-2H3;3-5,8-9,12H,6-7,10-11H2,1-2H3;3-7,10H,8-9H2,1-2H3;7H,4-6H2,1-3H3;1,7H,5-6H2,2-3H3;5-6,8H,4H2,1-3H3;5H,4H2,1-3H3;3*6H,4-5H2,1-3H3. The van der Waals surface area contributed by atoms with Crippen molar-refractivity contribution in [1.82, 2.24) is 0 Å². The van der Waals surface area contributed by atoms with Crippen LogP contribution in [0.2, 0.25) is 0 Å². The van der Waals surface area contributed by atoms with E-state index in [-0.39, 0.29) is 107 Å². The van der Waals surface area contributed by atoms with Crippen LogP contribution >= 0.6 is 0 Å². The van der Waals surface area contributed by atoms with Gasteiger partial charge in [0, 0.05) is 148 Å². The van der Waals surface area contributed by atoms with Gasteiger partial charge in [0.25, 0.3) is 0 Å². The van der Waals surface area contributed by atoms with E-state index in [4.69, 9.17) is 11.5 Å². The third kappa shape index (κ3) is 81.7. The average molecular weight is 1930 g/mol. The van der Waals surface area contributed by atoms with E-state index in [2.05, 4.69) is 134 Å². The molecule has 0 aliphatic rings. The first-order valence-electron chi connectivity index (χ1n) is 52.6. The zero-order valence-electron chi connectivity index (χ0n) is 93.0. The number of fused-ring (bicyclic) bond motifs is 1. The second-order valence-electron chi connectivity index (χ2n) is 39.9. The molecular formula is C126H192O14. The molecule has 14 heteroatoms. The summed E-state index contributed by atoms with van der Waals surface area (Å²) < 4.78 is 0. The first-order valence-corrected chi connectivity index (χ1v) is 52.6. The third-order valence-corrected chi connectivity index (χ3v) is 22.3. The minimum atomic E-state index is -0.486. The Hall–Kier alpha value is -9.97. The minimum Gasteiger partial charge on any atom is -0.393 e. The summed E-state index contributed by atoms with van der Waals surface area (Å²) in [6, 6.07) is 64.5. The maximum absolute atomic E-state index is 11.7. The van der Waals surface area contributed by atoms with Crippen molar-refractivity contribution < 1.29 is 67.4 Å². The second kappa shape index (κ2) is 88.0. The molecule has 0 bridgehead atoms. The van der Waals surface area contributed by atoms with E-state index < -0.39 is 6.10 Å². The van der Waals surface area contributed by atoms with Gasteiger partial charge in [0.2, 0.25) is 0 Å². The van der Waals surface area contributed by atoms with E-state index in [1.54, 1.807) is 20.8 Å². The Morgan fingerprint density at radius 3 is 0.843 bits per heavy atom. The maximum Gasteiger partial charge on any atom is 0.142 e. The van der Waals surface area contributed by atoms with Gasteiger partial charge < -0.3 is 5.11 Å². The molecule has 7 aromatic rings. The Morgan fingerprint density at radius 2 is 0.529 bits per heavy atom. The molecule has 0 amide bonds. The Labute approximate surface area is 852 Å². The van der Waals surface area contributed by atoms with Crippen molar-refractivity contribution >= 4 is 86.0 Å². The first kappa shape index (κ1) is 138. The van der Waals surface area contributed by atoms with E-state index in [9.17, 15) is 62.3 Å². The number of hydrogen-bond acceptors (Lipinski definition) is 14. The number of terminal acetylenes is 1. The predicted molar refractivity (Wildman–Crippen MR) is 592 cm³/mol. The van der Waals surface area contributed by atoms with Crippen LogP contribution in [-0.2, 0) is 94.4 Å². The molecule has 0 heterocycles. The zero-order chi connectivity index (χ0) is 108. The van der Waals surface area contributed by atoms with Crippen LogP contribution in [0.25, 0.3) is 21.9 Å². The lowest BCUT2D eigenvalue weighted by Gasteiger charge is -2.06. The van der Waals surface area contributed by atoms with Gasteiger partial charge in [0.1, 0.15) is 75.2 Å². The number of unbranched alkanes of at least 4 members (excludes halogenated alkanes) is 5. The van der Waals surface area contributed by atoms with E-state index >= 15 is 0 Å². The summed E-state index contributed by atoms with van der Waals surface area (Å²) in [5.41, 5.74) is 8.78. The highest BCUT2D eigenvalue weighted by molar-refractivity contribution is 5.98. The van der Waals surface area contributed by atoms with Gasteiger partial charge in [-0.25, -0.2) is 0 Å². The van der Waals surface area contributed by atoms with Crippen LogP contribution in [0, 0.1) is 83.4 Å². The molecule has 140 heavy (non-hydrogen) atoms. The summed E-state index contributed by atoms with van der Waals surface area (Å²) in [5.74, 6) is 8.09. The normalized spacial score (nSPS) is 10.6. The Bertz CT molecular complexity index is 4420. The summed E-state index contributed by atoms with van der Waals surface area (Å²) in [6.07, 6.45) is 28.3. The van der Waals surface area contributed by atoms with Gasteiger partial charge in [0.15, 0.2) is 0 Å². The highest BCUT2D eigenvalue weighted by Gasteiger charge is 2.16. The summed E-state index contributed by atoms with van der Waals surface area (Å²) in [7, 11) is 0. The van der Waals surface area contributed by atoms with Gasteiger partial charge in [-0.1, -0.05) is 401 Å². The van der Waals surface area contributed by atoms with E-state index in [1.807, 2.05) is 240 Å². The molecule has 1 unspecified atom stereocenters. The SMILES string of the molecule is C#CCCC(=O)C(C)C.CC(=O)CC(=O)C(C)C.CC(C)C(=O)CCCCCCc1ccccc1.CC(C)C(=O)CCCCc1ccccc1.CC(C)C(=O)CCc1ccc2ccccc2c1.CC(C)C(=O)CCc1ccccc1.CC(C)C(=O)Cc1ccc(-c2ccccc2)cc1.CC(O)CC(=O)C(C)C.CCCC(=O)C(C)C.CCCC(=O)C(C)C.CCCC(=O)C(C)C.CCCCC(=O)C(C)C. The number of carbonyl (C=O) groups excluding carboxylic acids is 13. The quantitative estimate of drug-likeness (QED) is 0.0212. The molecule has 0 saturated heterocycles. The van der Waals surface area contributed by atoms with Gasteiger partial charge >= 0.3 is 0 Å². The second-order valence-corrected chi connectivity index (χ2v) is 39.9. The highest BCUT2D eigenvalue weighted by Crippen LogP contribution is 2.22. The average Bonchev–Trinajstić information content (AvgIpc) is 0.840. The van der Waals surface area contributed by atoms with E-state index in [0.717, 1.165) is 115 Å². The minimum absolute atomic E-state index is 0.00565. The van der Waals surface area contributed by atoms with Crippen LogP contribution in [-0.4, -0.2) is 86.4 Å². The molecule has 14 nitrogen and oxygen atoms in total.